The molecular weight excluding hydrogens is 331 g/mol. The number of hydrogen-bond acceptors (Lipinski definition) is 3. The molecule has 6 heteroatoms. The molecule has 0 aliphatic carbocycles. The van der Waals surface area contributed by atoms with Gasteiger partial charge in [0.1, 0.15) is 23.5 Å². The molecule has 134 valence electrons. The van der Waals surface area contributed by atoms with Crippen LogP contribution in [0.4, 0.5) is 10.1 Å². The standard InChI is InChI=1S/C20H21FN4O/c1-13(19-18(12-26-24-19)23-20(22)25(2)3)15-9-10-16(17(21)11-15)14-7-5-4-6-8-14/h4-13H,1-3H3,(H2,22,23). The fourth-order valence-corrected chi connectivity index (χ4v) is 2.66. The van der Waals surface area contributed by atoms with Crippen LogP contribution in [0, 0.1) is 5.82 Å². The van der Waals surface area contributed by atoms with Gasteiger partial charge in [0.2, 0.25) is 0 Å². The molecule has 0 spiro atoms. The molecule has 1 aromatic heterocycles. The van der Waals surface area contributed by atoms with E-state index in [0.29, 0.717) is 22.9 Å². The third-order valence-corrected chi connectivity index (χ3v) is 4.26. The van der Waals surface area contributed by atoms with Gasteiger partial charge in [0.15, 0.2) is 5.96 Å². The minimum atomic E-state index is -0.276. The number of hydrogen-bond donors (Lipinski definition) is 1. The van der Waals surface area contributed by atoms with Gasteiger partial charge in [-0.1, -0.05) is 54.5 Å². The highest BCUT2D eigenvalue weighted by atomic mass is 19.1. The summed E-state index contributed by atoms with van der Waals surface area (Å²) < 4.78 is 19.7. The van der Waals surface area contributed by atoms with Crippen molar-refractivity contribution in [3.63, 3.8) is 0 Å². The van der Waals surface area contributed by atoms with Gasteiger partial charge in [-0.05, 0) is 17.2 Å². The molecule has 0 saturated heterocycles. The average molecular weight is 352 g/mol. The zero-order valence-electron chi connectivity index (χ0n) is 15.0. The zero-order valence-corrected chi connectivity index (χ0v) is 15.0. The van der Waals surface area contributed by atoms with E-state index in [1.54, 1.807) is 25.1 Å². The molecular formula is C20H21FN4O. The number of aromatic nitrogens is 1. The third-order valence-electron chi connectivity index (χ3n) is 4.26. The lowest BCUT2D eigenvalue weighted by Gasteiger charge is -2.13. The molecule has 0 aliphatic heterocycles. The van der Waals surface area contributed by atoms with Crippen molar-refractivity contribution in [2.24, 2.45) is 10.7 Å². The van der Waals surface area contributed by atoms with Crippen molar-refractivity contribution in [2.75, 3.05) is 14.1 Å². The molecule has 0 bridgehead atoms. The number of halogens is 1. The molecule has 1 heterocycles. The Morgan fingerprint density at radius 1 is 1.19 bits per heavy atom. The van der Waals surface area contributed by atoms with E-state index in [1.807, 2.05) is 43.3 Å². The molecule has 2 aromatic carbocycles. The normalized spacial score (nSPS) is 12.8. The van der Waals surface area contributed by atoms with Crippen molar-refractivity contribution < 1.29 is 8.91 Å². The van der Waals surface area contributed by atoms with Crippen molar-refractivity contribution in [1.29, 1.82) is 0 Å². The minimum Gasteiger partial charge on any atom is -0.370 e. The Morgan fingerprint density at radius 2 is 1.92 bits per heavy atom. The van der Waals surface area contributed by atoms with Gasteiger partial charge in [0, 0.05) is 25.6 Å². The summed E-state index contributed by atoms with van der Waals surface area (Å²) in [6, 6.07) is 14.7. The number of benzene rings is 2. The second-order valence-electron chi connectivity index (χ2n) is 6.28. The first kappa shape index (κ1) is 17.7. The van der Waals surface area contributed by atoms with Crippen LogP contribution in [0.5, 0.6) is 0 Å². The summed E-state index contributed by atoms with van der Waals surface area (Å²) in [5, 5.41) is 4.04. The van der Waals surface area contributed by atoms with Gasteiger partial charge in [-0.3, -0.25) is 0 Å². The summed E-state index contributed by atoms with van der Waals surface area (Å²) in [6.45, 7) is 1.93. The van der Waals surface area contributed by atoms with E-state index < -0.39 is 0 Å². The van der Waals surface area contributed by atoms with Crippen molar-refractivity contribution >= 4 is 11.6 Å². The maximum Gasteiger partial charge on any atom is 0.196 e. The Bertz CT molecular complexity index is 919. The fraction of sp³-hybridized carbons (Fsp3) is 0.200. The van der Waals surface area contributed by atoms with Gasteiger partial charge in [-0.25, -0.2) is 9.38 Å². The largest absolute Gasteiger partial charge is 0.370 e. The van der Waals surface area contributed by atoms with E-state index in [9.17, 15) is 4.39 Å². The molecule has 0 amide bonds. The lowest BCUT2D eigenvalue weighted by Crippen LogP contribution is -2.29. The Kier molecular flexibility index (Phi) is 5.02. The molecule has 2 N–H and O–H groups in total. The van der Waals surface area contributed by atoms with Gasteiger partial charge in [-0.15, -0.1) is 0 Å². The van der Waals surface area contributed by atoms with Crippen LogP contribution in [-0.2, 0) is 0 Å². The van der Waals surface area contributed by atoms with Crippen molar-refractivity contribution in [3.05, 3.63) is 71.9 Å². The van der Waals surface area contributed by atoms with Crippen LogP contribution in [0.25, 0.3) is 11.1 Å². The second kappa shape index (κ2) is 7.39. The minimum absolute atomic E-state index is 0.193. The Labute approximate surface area is 151 Å². The summed E-state index contributed by atoms with van der Waals surface area (Å²) >= 11 is 0. The Balaban J connectivity index is 1.92. The monoisotopic (exact) mass is 352 g/mol. The fourth-order valence-electron chi connectivity index (χ4n) is 2.66. The summed E-state index contributed by atoms with van der Waals surface area (Å²) in [4.78, 5) is 6.01. The molecule has 0 saturated carbocycles. The van der Waals surface area contributed by atoms with Crippen LogP contribution >= 0.6 is 0 Å². The van der Waals surface area contributed by atoms with Crippen molar-refractivity contribution in [2.45, 2.75) is 12.8 Å². The number of nitrogens with two attached hydrogens (primary N) is 1. The summed E-state index contributed by atoms with van der Waals surface area (Å²) in [5.74, 6) is -0.129. The number of guanidine groups is 1. The molecule has 1 atom stereocenters. The van der Waals surface area contributed by atoms with Crippen LogP contribution in [-0.4, -0.2) is 30.1 Å². The predicted molar refractivity (Wildman–Crippen MR) is 101 cm³/mol. The van der Waals surface area contributed by atoms with Crippen molar-refractivity contribution in [3.8, 4) is 11.1 Å². The van der Waals surface area contributed by atoms with Gasteiger partial charge in [0.25, 0.3) is 0 Å². The van der Waals surface area contributed by atoms with Gasteiger partial charge >= 0.3 is 0 Å². The van der Waals surface area contributed by atoms with Crippen LogP contribution in [0.15, 0.2) is 64.3 Å². The smallest absolute Gasteiger partial charge is 0.196 e. The molecule has 26 heavy (non-hydrogen) atoms. The summed E-state index contributed by atoms with van der Waals surface area (Å²) in [7, 11) is 3.60. The van der Waals surface area contributed by atoms with E-state index in [1.165, 1.54) is 12.3 Å². The molecule has 3 rings (SSSR count). The van der Waals surface area contributed by atoms with E-state index in [0.717, 1.165) is 11.1 Å². The van der Waals surface area contributed by atoms with Gasteiger partial charge < -0.3 is 15.2 Å². The first-order valence-electron chi connectivity index (χ1n) is 8.28. The van der Waals surface area contributed by atoms with E-state index in [4.69, 9.17) is 10.3 Å². The predicted octanol–water partition coefficient (Wildman–Crippen LogP) is 4.14. The molecule has 5 nitrogen and oxygen atoms in total. The lowest BCUT2D eigenvalue weighted by atomic mass is 9.94. The molecule has 1 unspecified atom stereocenters. The van der Waals surface area contributed by atoms with E-state index in [2.05, 4.69) is 10.1 Å². The second-order valence-corrected chi connectivity index (χ2v) is 6.28. The SMILES string of the molecule is CC(c1ccc(-c2ccccc2)c(F)c1)c1nocc1N=C(N)N(C)C. The van der Waals surface area contributed by atoms with Crippen LogP contribution in [0.1, 0.15) is 24.1 Å². The summed E-state index contributed by atoms with van der Waals surface area (Å²) in [6.07, 6.45) is 1.44. The molecule has 0 radical (unpaired) electrons. The molecule has 0 aliphatic rings. The topological polar surface area (TPSA) is 67.6 Å². The van der Waals surface area contributed by atoms with Crippen LogP contribution < -0.4 is 5.73 Å². The summed E-state index contributed by atoms with van der Waals surface area (Å²) in [5.41, 5.74) is 9.22. The first-order chi connectivity index (χ1) is 12.5. The lowest BCUT2D eigenvalue weighted by molar-refractivity contribution is 0.409. The maximum absolute atomic E-state index is 14.7. The molecule has 0 fully saturated rings. The average Bonchev–Trinajstić information content (AvgIpc) is 3.09. The van der Waals surface area contributed by atoms with E-state index in [-0.39, 0.29) is 11.7 Å². The first-order valence-corrected chi connectivity index (χ1v) is 8.28. The maximum atomic E-state index is 14.7. The van der Waals surface area contributed by atoms with Crippen LogP contribution in [0.3, 0.4) is 0 Å². The highest BCUT2D eigenvalue weighted by Crippen LogP contribution is 2.33. The number of nitrogens with zero attached hydrogens (tertiary/aromatic N) is 3. The third kappa shape index (κ3) is 3.59. The Hall–Kier alpha value is -3.15. The van der Waals surface area contributed by atoms with Crippen molar-refractivity contribution in [1.82, 2.24) is 10.1 Å². The zero-order chi connectivity index (χ0) is 18.7. The quantitative estimate of drug-likeness (QED) is 0.566. The number of rotatable bonds is 4. The van der Waals surface area contributed by atoms with Crippen LogP contribution in [0.2, 0.25) is 0 Å². The van der Waals surface area contributed by atoms with Gasteiger partial charge in [0.05, 0.1) is 0 Å². The number of aliphatic imine (C=N–C) groups is 1. The van der Waals surface area contributed by atoms with Gasteiger partial charge in [-0.2, -0.15) is 0 Å². The van der Waals surface area contributed by atoms with E-state index >= 15 is 0 Å². The highest BCUT2D eigenvalue weighted by molar-refractivity contribution is 5.80. The highest BCUT2D eigenvalue weighted by Gasteiger charge is 2.19. The molecule has 3 aromatic rings. The Morgan fingerprint density at radius 3 is 2.58 bits per heavy atom.